The Balaban J connectivity index is 0.000000455. The minimum Gasteiger partial charge on any atom is -0.399 e. The van der Waals surface area contributed by atoms with Crippen molar-refractivity contribution in [3.05, 3.63) is 94.1 Å². The van der Waals surface area contributed by atoms with Crippen molar-refractivity contribution in [1.29, 1.82) is 0 Å². The number of benzene rings is 2. The minimum atomic E-state index is -0.509. The van der Waals surface area contributed by atoms with Crippen molar-refractivity contribution in [2.24, 2.45) is 0 Å². The van der Waals surface area contributed by atoms with Gasteiger partial charge in [0.25, 0.3) is 11.4 Å². The van der Waals surface area contributed by atoms with Gasteiger partial charge in [-0.1, -0.05) is 13.2 Å². The Bertz CT molecular complexity index is 882. The lowest BCUT2D eigenvalue weighted by molar-refractivity contribution is -0.385. The molecule has 0 unspecified atom stereocenters. The topological polar surface area (TPSA) is 158 Å². The van der Waals surface area contributed by atoms with Crippen LogP contribution in [0.4, 0.5) is 22.7 Å². The number of carbonyl (C=O) groups is 2. The zero-order valence-electron chi connectivity index (χ0n) is 15.0. The Morgan fingerprint density at radius 1 is 0.897 bits per heavy atom. The van der Waals surface area contributed by atoms with Crippen LogP contribution in [0.5, 0.6) is 0 Å². The summed E-state index contributed by atoms with van der Waals surface area (Å²) in [5, 5.41) is 22.3. The average molecular weight is 421 g/mol. The van der Waals surface area contributed by atoms with Crippen LogP contribution < -0.4 is 11.1 Å². The van der Waals surface area contributed by atoms with Crippen LogP contribution in [0, 0.1) is 20.2 Å². The molecule has 1 amide bonds. The van der Waals surface area contributed by atoms with Gasteiger partial charge >= 0.3 is 0 Å². The number of anilines is 2. The van der Waals surface area contributed by atoms with Crippen molar-refractivity contribution in [3.63, 3.8) is 0 Å². The molecule has 10 nitrogen and oxygen atoms in total. The second-order valence-corrected chi connectivity index (χ2v) is 5.23. The number of rotatable bonds is 5. The van der Waals surface area contributed by atoms with Gasteiger partial charge < -0.3 is 11.1 Å². The van der Waals surface area contributed by atoms with E-state index in [9.17, 15) is 29.8 Å². The molecular weight excluding hydrogens is 404 g/mol. The summed E-state index contributed by atoms with van der Waals surface area (Å²) < 4.78 is 0. The molecule has 0 aromatic heterocycles. The number of allylic oxidation sites excluding steroid dienone is 1. The number of amides is 1. The van der Waals surface area contributed by atoms with E-state index in [0.717, 1.165) is 12.2 Å². The van der Waals surface area contributed by atoms with E-state index in [1.807, 2.05) is 0 Å². The van der Waals surface area contributed by atoms with Gasteiger partial charge in [0, 0.05) is 35.6 Å². The lowest BCUT2D eigenvalue weighted by Crippen LogP contribution is -2.06. The highest BCUT2D eigenvalue weighted by atomic mass is 35.5. The molecule has 29 heavy (non-hydrogen) atoms. The molecule has 0 saturated heterocycles. The number of nitrogen functional groups attached to an aromatic ring is 1. The van der Waals surface area contributed by atoms with Gasteiger partial charge in [-0.05, 0) is 48.0 Å². The molecule has 152 valence electrons. The predicted octanol–water partition coefficient (Wildman–Crippen LogP) is 3.83. The Kier molecular flexibility index (Phi) is 11.3. The number of halogens is 1. The summed E-state index contributed by atoms with van der Waals surface area (Å²) in [5.41, 5.74) is 6.39. The predicted molar refractivity (Wildman–Crippen MR) is 110 cm³/mol. The number of non-ortho nitro benzene ring substituents is 2. The minimum absolute atomic E-state index is 0.0124. The van der Waals surface area contributed by atoms with Crippen LogP contribution in [-0.2, 0) is 9.59 Å². The van der Waals surface area contributed by atoms with Gasteiger partial charge in [-0.3, -0.25) is 29.8 Å². The number of hydrogen-bond acceptors (Lipinski definition) is 7. The van der Waals surface area contributed by atoms with Gasteiger partial charge in [0.05, 0.1) is 9.85 Å². The van der Waals surface area contributed by atoms with E-state index in [2.05, 4.69) is 18.5 Å². The molecule has 0 fully saturated rings. The first-order valence-corrected chi connectivity index (χ1v) is 7.98. The summed E-state index contributed by atoms with van der Waals surface area (Å²) in [6.45, 7) is 6.36. The number of nitrogens with two attached hydrogens (primary N) is 1. The van der Waals surface area contributed by atoms with E-state index in [0.29, 0.717) is 11.4 Å². The van der Waals surface area contributed by atoms with Crippen LogP contribution in [0.3, 0.4) is 0 Å². The fourth-order valence-corrected chi connectivity index (χ4v) is 1.46. The Morgan fingerprint density at radius 2 is 1.28 bits per heavy atom. The second-order valence-electron chi connectivity index (χ2n) is 4.85. The number of nitrogens with zero attached hydrogens (tertiary/aromatic N) is 2. The normalized spacial score (nSPS) is 8.72. The molecule has 11 heteroatoms. The number of hydrogen-bond donors (Lipinski definition) is 2. The number of carbonyl (C=O) groups excluding carboxylic acids is 2. The summed E-state index contributed by atoms with van der Waals surface area (Å²) in [6.07, 6.45) is 2.17. The highest BCUT2D eigenvalue weighted by molar-refractivity contribution is 6.66. The van der Waals surface area contributed by atoms with Crippen molar-refractivity contribution >= 4 is 45.5 Å². The molecule has 0 spiro atoms. The van der Waals surface area contributed by atoms with Crippen molar-refractivity contribution in [1.82, 2.24) is 0 Å². The van der Waals surface area contributed by atoms with E-state index in [-0.39, 0.29) is 17.3 Å². The number of nitro benzene ring substituents is 2. The lowest BCUT2D eigenvalue weighted by Gasteiger charge is -2.00. The van der Waals surface area contributed by atoms with Crippen LogP contribution in [0.2, 0.25) is 0 Å². The largest absolute Gasteiger partial charge is 0.399 e. The summed E-state index contributed by atoms with van der Waals surface area (Å²) in [6, 6.07) is 11.3. The summed E-state index contributed by atoms with van der Waals surface area (Å²) in [4.78, 5) is 39.7. The van der Waals surface area contributed by atoms with Gasteiger partial charge in [0.15, 0.2) is 0 Å². The molecule has 0 radical (unpaired) electrons. The van der Waals surface area contributed by atoms with Gasteiger partial charge in [-0.25, -0.2) is 0 Å². The van der Waals surface area contributed by atoms with Crippen molar-refractivity contribution < 1.29 is 19.4 Å². The SMILES string of the molecule is C=CC(=O)Cl.C=CC(=O)Nc1ccc([N+](=O)[O-])cc1.Nc1ccc([N+](=O)[O-])cc1. The molecule has 2 aromatic carbocycles. The Hall–Kier alpha value is -4.05. The smallest absolute Gasteiger partial charge is 0.269 e. The highest BCUT2D eigenvalue weighted by Gasteiger charge is 2.04. The lowest BCUT2D eigenvalue weighted by atomic mass is 10.3. The Morgan fingerprint density at radius 3 is 1.59 bits per heavy atom. The molecule has 0 aliphatic rings. The monoisotopic (exact) mass is 420 g/mol. The highest BCUT2D eigenvalue weighted by Crippen LogP contribution is 2.15. The number of nitrogens with one attached hydrogen (secondary N) is 1. The Labute approximate surface area is 170 Å². The molecule has 0 atom stereocenters. The maximum atomic E-state index is 10.8. The molecule has 0 aliphatic carbocycles. The molecular formula is C18H17ClN4O6. The first-order valence-electron chi connectivity index (χ1n) is 7.60. The van der Waals surface area contributed by atoms with Crippen molar-refractivity contribution in [2.75, 3.05) is 11.1 Å². The number of nitro groups is 2. The van der Waals surface area contributed by atoms with Crippen molar-refractivity contribution in [2.45, 2.75) is 0 Å². The molecule has 2 rings (SSSR count). The molecule has 0 saturated carbocycles. The summed E-state index contributed by atoms with van der Waals surface area (Å²) in [5.74, 6) is -0.348. The van der Waals surface area contributed by atoms with E-state index >= 15 is 0 Å². The van der Waals surface area contributed by atoms with Gasteiger partial charge in [0.1, 0.15) is 0 Å². The van der Waals surface area contributed by atoms with Crippen molar-refractivity contribution in [3.8, 4) is 0 Å². The third kappa shape index (κ3) is 11.3. The maximum Gasteiger partial charge on any atom is 0.269 e. The quantitative estimate of drug-likeness (QED) is 0.244. The molecule has 3 N–H and O–H groups in total. The molecule has 0 aliphatic heterocycles. The van der Waals surface area contributed by atoms with Gasteiger partial charge in [0.2, 0.25) is 11.1 Å². The van der Waals surface area contributed by atoms with Gasteiger partial charge in [-0.2, -0.15) is 0 Å². The fourth-order valence-electron chi connectivity index (χ4n) is 1.46. The van der Waals surface area contributed by atoms with E-state index in [1.165, 1.54) is 48.5 Å². The zero-order chi connectivity index (χ0) is 22.4. The van der Waals surface area contributed by atoms with Crippen LogP contribution in [0.15, 0.2) is 73.8 Å². The van der Waals surface area contributed by atoms with E-state index < -0.39 is 15.1 Å². The molecule has 0 heterocycles. The maximum absolute atomic E-state index is 10.8. The van der Waals surface area contributed by atoms with Crippen LogP contribution in [0.25, 0.3) is 0 Å². The molecule has 0 bridgehead atoms. The van der Waals surface area contributed by atoms with Gasteiger partial charge in [-0.15, -0.1) is 0 Å². The third-order valence-electron chi connectivity index (χ3n) is 2.80. The zero-order valence-corrected chi connectivity index (χ0v) is 15.7. The van der Waals surface area contributed by atoms with E-state index in [1.54, 1.807) is 0 Å². The standard InChI is InChI=1S/C9H8N2O3.C6H6N2O2.C3H3ClO/c1-2-9(12)10-7-3-5-8(6-4-7)11(13)14;7-5-1-3-6(4-2-5)8(9)10;1-2-3(4)5/h2-6H,1H2,(H,10,12);1-4H,7H2;2H,1H2. The van der Waals surface area contributed by atoms with E-state index in [4.69, 9.17) is 17.3 Å². The summed E-state index contributed by atoms with van der Waals surface area (Å²) >= 11 is 4.71. The fraction of sp³-hybridized carbons (Fsp3) is 0. The van der Waals surface area contributed by atoms with Crippen LogP contribution >= 0.6 is 11.6 Å². The molecule has 2 aromatic rings. The average Bonchev–Trinajstić information content (AvgIpc) is 2.69. The first kappa shape index (κ1) is 24.9. The van der Waals surface area contributed by atoms with Crippen LogP contribution in [0.1, 0.15) is 0 Å². The summed E-state index contributed by atoms with van der Waals surface area (Å²) in [7, 11) is 0. The third-order valence-corrected chi connectivity index (χ3v) is 2.95. The van der Waals surface area contributed by atoms with Crippen LogP contribution in [-0.4, -0.2) is 21.0 Å². The first-order chi connectivity index (χ1) is 13.6. The second kappa shape index (κ2) is 13.2.